The average molecular weight is 312 g/mol. The van der Waals surface area contributed by atoms with E-state index < -0.39 is 0 Å². The molecule has 0 saturated heterocycles. The highest BCUT2D eigenvalue weighted by molar-refractivity contribution is 6.30. The normalized spacial score (nSPS) is 12.2. The molecular weight excluding hydrogens is 296 g/mol. The molecule has 0 saturated carbocycles. The molecule has 1 nitrogen and oxygen atoms in total. The van der Waals surface area contributed by atoms with E-state index in [1.54, 1.807) is 0 Å². The third-order valence-corrected chi connectivity index (χ3v) is 3.96. The number of rotatable bonds is 4. The molecule has 0 bridgehead atoms. The summed E-state index contributed by atoms with van der Waals surface area (Å²) in [4.78, 5) is 2.00. The van der Waals surface area contributed by atoms with Crippen molar-refractivity contribution in [2.75, 3.05) is 11.9 Å². The second kappa shape index (κ2) is 6.47. The maximum atomic E-state index is 13.6. The fourth-order valence-corrected chi connectivity index (χ4v) is 2.48. The van der Waals surface area contributed by atoms with Crippen LogP contribution in [-0.2, 0) is 5.88 Å². The van der Waals surface area contributed by atoms with Crippen LogP contribution < -0.4 is 4.90 Å². The van der Waals surface area contributed by atoms with Crippen LogP contribution in [0.15, 0.2) is 42.5 Å². The van der Waals surface area contributed by atoms with E-state index in [0.29, 0.717) is 10.9 Å². The summed E-state index contributed by atoms with van der Waals surface area (Å²) < 4.78 is 13.6. The Morgan fingerprint density at radius 2 is 1.95 bits per heavy atom. The van der Waals surface area contributed by atoms with Crippen molar-refractivity contribution >= 4 is 28.9 Å². The Hall–Kier alpha value is -1.25. The van der Waals surface area contributed by atoms with Gasteiger partial charge in [-0.2, -0.15) is 0 Å². The maximum Gasteiger partial charge on any atom is 0.125 e. The summed E-state index contributed by atoms with van der Waals surface area (Å²) in [6, 6.07) is 12.6. The first-order valence-corrected chi connectivity index (χ1v) is 7.26. The summed E-state index contributed by atoms with van der Waals surface area (Å²) in [7, 11) is 1.93. The van der Waals surface area contributed by atoms with Crippen LogP contribution in [0.25, 0.3) is 0 Å². The second-order valence-corrected chi connectivity index (χ2v) is 5.50. The quantitative estimate of drug-likeness (QED) is 0.682. The molecule has 0 aromatic heterocycles. The van der Waals surface area contributed by atoms with Gasteiger partial charge in [-0.1, -0.05) is 23.7 Å². The van der Waals surface area contributed by atoms with Gasteiger partial charge < -0.3 is 4.90 Å². The molecule has 0 heterocycles. The van der Waals surface area contributed by atoms with Crippen LogP contribution in [0.1, 0.15) is 24.1 Å². The lowest BCUT2D eigenvalue weighted by Gasteiger charge is -2.28. The van der Waals surface area contributed by atoms with Crippen molar-refractivity contribution in [1.29, 1.82) is 0 Å². The van der Waals surface area contributed by atoms with E-state index in [0.717, 1.165) is 16.8 Å². The van der Waals surface area contributed by atoms with Gasteiger partial charge in [0.15, 0.2) is 0 Å². The van der Waals surface area contributed by atoms with Gasteiger partial charge in [0.05, 0.1) is 6.04 Å². The highest BCUT2D eigenvalue weighted by Crippen LogP contribution is 2.28. The molecule has 1 unspecified atom stereocenters. The third kappa shape index (κ3) is 3.44. The molecule has 0 aliphatic rings. The fraction of sp³-hybridized carbons (Fsp3) is 0.250. The van der Waals surface area contributed by atoms with Crippen LogP contribution in [0.4, 0.5) is 10.1 Å². The molecule has 0 spiro atoms. The van der Waals surface area contributed by atoms with Crippen LogP contribution >= 0.6 is 23.2 Å². The lowest BCUT2D eigenvalue weighted by Crippen LogP contribution is -2.21. The number of halogens is 3. The maximum absolute atomic E-state index is 13.6. The van der Waals surface area contributed by atoms with Gasteiger partial charge in [0, 0.05) is 23.6 Å². The van der Waals surface area contributed by atoms with Gasteiger partial charge in [0.25, 0.3) is 0 Å². The molecule has 2 rings (SSSR count). The molecule has 4 heteroatoms. The SMILES string of the molecule is CC(c1cccc(Cl)c1)N(C)c1cc(F)cc(CCl)c1. The standard InChI is InChI=1S/C16H16Cl2FN/c1-11(13-4-3-5-14(18)8-13)20(2)16-7-12(10-17)6-15(19)9-16/h3-9,11H,10H2,1-2H3. The predicted octanol–water partition coefficient (Wildman–Crippen LogP) is 5.42. The van der Waals surface area contributed by atoms with Crippen molar-refractivity contribution in [3.05, 3.63) is 64.4 Å². The van der Waals surface area contributed by atoms with Crippen molar-refractivity contribution in [3.8, 4) is 0 Å². The molecule has 0 fully saturated rings. The van der Waals surface area contributed by atoms with E-state index in [9.17, 15) is 4.39 Å². The summed E-state index contributed by atoms with van der Waals surface area (Å²) in [6.07, 6.45) is 0. The third-order valence-electron chi connectivity index (χ3n) is 3.42. The van der Waals surface area contributed by atoms with Gasteiger partial charge in [-0.05, 0) is 48.4 Å². The van der Waals surface area contributed by atoms with Crippen molar-refractivity contribution in [1.82, 2.24) is 0 Å². The minimum atomic E-state index is -0.275. The Bertz CT molecular complexity index is 601. The van der Waals surface area contributed by atoms with E-state index in [1.807, 2.05) is 42.3 Å². The fourth-order valence-electron chi connectivity index (χ4n) is 2.13. The van der Waals surface area contributed by atoms with E-state index in [-0.39, 0.29) is 11.9 Å². The second-order valence-electron chi connectivity index (χ2n) is 4.79. The molecule has 2 aromatic rings. The zero-order valence-electron chi connectivity index (χ0n) is 11.4. The van der Waals surface area contributed by atoms with Gasteiger partial charge in [0.1, 0.15) is 5.82 Å². The van der Waals surface area contributed by atoms with Gasteiger partial charge in [-0.3, -0.25) is 0 Å². The Kier molecular flexibility index (Phi) is 4.90. The van der Waals surface area contributed by atoms with Crippen LogP contribution in [0.2, 0.25) is 5.02 Å². The summed E-state index contributed by atoms with van der Waals surface area (Å²) in [5, 5.41) is 0.698. The Balaban J connectivity index is 2.30. The van der Waals surface area contributed by atoms with Gasteiger partial charge in [-0.15, -0.1) is 11.6 Å². The van der Waals surface area contributed by atoms with Crippen LogP contribution in [0.5, 0.6) is 0 Å². The van der Waals surface area contributed by atoms with Crippen molar-refractivity contribution < 1.29 is 4.39 Å². The first-order chi connectivity index (χ1) is 9.51. The average Bonchev–Trinajstić information content (AvgIpc) is 2.45. The van der Waals surface area contributed by atoms with E-state index in [4.69, 9.17) is 23.2 Å². The summed E-state index contributed by atoms with van der Waals surface area (Å²) in [5.74, 6) is 0.0211. The minimum Gasteiger partial charge on any atom is -0.368 e. The van der Waals surface area contributed by atoms with Crippen molar-refractivity contribution in [3.63, 3.8) is 0 Å². The number of nitrogens with zero attached hydrogens (tertiary/aromatic N) is 1. The molecule has 0 N–H and O–H groups in total. The minimum absolute atomic E-state index is 0.0821. The summed E-state index contributed by atoms with van der Waals surface area (Å²) in [5.41, 5.74) is 2.65. The van der Waals surface area contributed by atoms with Crippen molar-refractivity contribution in [2.24, 2.45) is 0 Å². The molecule has 0 radical (unpaired) electrons. The molecule has 1 atom stereocenters. The predicted molar refractivity (Wildman–Crippen MR) is 84.2 cm³/mol. The van der Waals surface area contributed by atoms with E-state index in [2.05, 4.69) is 6.92 Å². The van der Waals surface area contributed by atoms with Crippen LogP contribution in [0, 0.1) is 5.82 Å². The number of anilines is 1. The first-order valence-electron chi connectivity index (χ1n) is 6.35. The monoisotopic (exact) mass is 311 g/mol. The van der Waals surface area contributed by atoms with Gasteiger partial charge in [-0.25, -0.2) is 4.39 Å². The molecule has 106 valence electrons. The molecule has 0 aliphatic carbocycles. The topological polar surface area (TPSA) is 3.24 Å². The van der Waals surface area contributed by atoms with Crippen LogP contribution in [0.3, 0.4) is 0 Å². The van der Waals surface area contributed by atoms with Crippen molar-refractivity contribution in [2.45, 2.75) is 18.8 Å². The number of benzene rings is 2. The van der Waals surface area contributed by atoms with E-state index in [1.165, 1.54) is 12.1 Å². The zero-order chi connectivity index (χ0) is 14.7. The lowest BCUT2D eigenvalue weighted by atomic mass is 10.1. The molecule has 0 amide bonds. The highest BCUT2D eigenvalue weighted by atomic mass is 35.5. The summed E-state index contributed by atoms with van der Waals surface area (Å²) >= 11 is 11.8. The Morgan fingerprint density at radius 3 is 2.60 bits per heavy atom. The number of hydrogen-bond acceptors (Lipinski definition) is 1. The summed E-state index contributed by atoms with van der Waals surface area (Å²) in [6.45, 7) is 2.05. The molecule has 2 aromatic carbocycles. The number of hydrogen-bond donors (Lipinski definition) is 0. The van der Waals surface area contributed by atoms with E-state index >= 15 is 0 Å². The smallest absolute Gasteiger partial charge is 0.125 e. The molecule has 0 aliphatic heterocycles. The highest BCUT2D eigenvalue weighted by Gasteiger charge is 2.14. The Labute approximate surface area is 128 Å². The van der Waals surface area contributed by atoms with Gasteiger partial charge in [0.2, 0.25) is 0 Å². The Morgan fingerprint density at radius 1 is 1.20 bits per heavy atom. The lowest BCUT2D eigenvalue weighted by molar-refractivity contribution is 0.624. The largest absolute Gasteiger partial charge is 0.368 e. The van der Waals surface area contributed by atoms with Crippen LogP contribution in [-0.4, -0.2) is 7.05 Å². The zero-order valence-corrected chi connectivity index (χ0v) is 12.9. The molecule has 20 heavy (non-hydrogen) atoms. The number of alkyl halides is 1. The first kappa shape index (κ1) is 15.1. The van der Waals surface area contributed by atoms with Gasteiger partial charge >= 0.3 is 0 Å². The molecular formula is C16H16Cl2FN.